The fourth-order valence-electron chi connectivity index (χ4n) is 2.15. The maximum absolute atomic E-state index is 3.67. The van der Waals surface area contributed by atoms with Crippen LogP contribution >= 0.6 is 27.7 Å². The molecule has 0 bridgehead atoms. The topological polar surface area (TPSA) is 12.0 Å². The molecule has 2 unspecified atom stereocenters. The van der Waals surface area contributed by atoms with Gasteiger partial charge in [-0.15, -0.1) is 11.8 Å². The molecule has 3 heteroatoms. The van der Waals surface area contributed by atoms with Gasteiger partial charge < -0.3 is 5.32 Å². The zero-order chi connectivity index (χ0) is 11.5. The van der Waals surface area contributed by atoms with Crippen molar-refractivity contribution < 1.29 is 0 Å². The van der Waals surface area contributed by atoms with Crippen LogP contribution in [0, 0.1) is 5.92 Å². The van der Waals surface area contributed by atoms with E-state index in [2.05, 4.69) is 53.3 Å². The first-order chi connectivity index (χ1) is 7.74. The van der Waals surface area contributed by atoms with Crippen LogP contribution in [-0.2, 0) is 0 Å². The van der Waals surface area contributed by atoms with Gasteiger partial charge in [-0.05, 0) is 46.4 Å². The zero-order valence-electron chi connectivity index (χ0n) is 9.79. The second-order valence-electron chi connectivity index (χ2n) is 4.38. The van der Waals surface area contributed by atoms with Gasteiger partial charge in [0.05, 0.1) is 0 Å². The third-order valence-corrected chi connectivity index (χ3v) is 5.37. The van der Waals surface area contributed by atoms with Crippen molar-refractivity contribution in [2.24, 2.45) is 5.92 Å². The van der Waals surface area contributed by atoms with E-state index in [1.54, 1.807) is 0 Å². The largest absolute Gasteiger partial charge is 0.310 e. The van der Waals surface area contributed by atoms with Crippen LogP contribution in [0.4, 0.5) is 0 Å². The quantitative estimate of drug-likeness (QED) is 0.896. The van der Waals surface area contributed by atoms with Crippen molar-refractivity contribution in [1.82, 2.24) is 5.32 Å². The van der Waals surface area contributed by atoms with Crippen molar-refractivity contribution in [3.63, 3.8) is 0 Å². The van der Waals surface area contributed by atoms with E-state index in [0.29, 0.717) is 12.0 Å². The molecule has 88 valence electrons. The number of hydrogen-bond acceptors (Lipinski definition) is 2. The molecule has 1 aromatic rings. The van der Waals surface area contributed by atoms with Gasteiger partial charge in [-0.2, -0.15) is 0 Å². The lowest BCUT2D eigenvalue weighted by atomic mass is 9.95. The van der Waals surface area contributed by atoms with Gasteiger partial charge >= 0.3 is 0 Å². The maximum Gasteiger partial charge on any atom is 0.0365 e. The molecule has 0 radical (unpaired) electrons. The van der Waals surface area contributed by atoms with Crippen LogP contribution in [-0.4, -0.2) is 12.3 Å². The molecule has 1 nitrogen and oxygen atoms in total. The van der Waals surface area contributed by atoms with Gasteiger partial charge in [-0.25, -0.2) is 0 Å². The molecule has 1 aliphatic heterocycles. The van der Waals surface area contributed by atoms with Crippen LogP contribution in [0.1, 0.15) is 31.9 Å². The standard InChI is InChI=1S/C13H18BrNS/c1-3-7-15-12-9(2)8-16-13-10(12)5-4-6-11(13)14/h4-6,9,12,15H,3,7-8H2,1-2H3. The first-order valence-corrected chi connectivity index (χ1v) is 7.66. The van der Waals surface area contributed by atoms with Crippen molar-refractivity contribution >= 4 is 27.7 Å². The summed E-state index contributed by atoms with van der Waals surface area (Å²) in [6, 6.07) is 7.06. The van der Waals surface area contributed by atoms with Crippen LogP contribution in [0.15, 0.2) is 27.6 Å². The first kappa shape index (κ1) is 12.5. The van der Waals surface area contributed by atoms with Crippen molar-refractivity contribution in [1.29, 1.82) is 0 Å². The lowest BCUT2D eigenvalue weighted by Gasteiger charge is -2.32. The average molecular weight is 300 g/mol. The normalized spacial score (nSPS) is 24.2. The molecule has 0 spiro atoms. The Labute approximate surface area is 111 Å². The summed E-state index contributed by atoms with van der Waals surface area (Å²) >= 11 is 5.62. The van der Waals surface area contributed by atoms with Gasteiger partial charge in [0.1, 0.15) is 0 Å². The molecular formula is C13H18BrNS. The van der Waals surface area contributed by atoms with Gasteiger partial charge in [0.25, 0.3) is 0 Å². The number of halogens is 1. The maximum atomic E-state index is 3.67. The molecule has 0 aliphatic carbocycles. The fraction of sp³-hybridized carbons (Fsp3) is 0.538. The Bertz CT molecular complexity index is 367. The summed E-state index contributed by atoms with van der Waals surface area (Å²) in [6.45, 7) is 5.66. The van der Waals surface area contributed by atoms with E-state index >= 15 is 0 Å². The number of rotatable bonds is 3. The molecule has 0 fully saturated rings. The molecule has 0 amide bonds. The lowest BCUT2D eigenvalue weighted by Crippen LogP contribution is -2.31. The molecule has 0 aromatic heterocycles. The van der Waals surface area contributed by atoms with E-state index in [1.807, 2.05) is 11.8 Å². The lowest BCUT2D eigenvalue weighted by molar-refractivity contribution is 0.407. The molecule has 1 heterocycles. The third-order valence-electron chi connectivity index (χ3n) is 3.01. The van der Waals surface area contributed by atoms with Crippen LogP contribution in [0.25, 0.3) is 0 Å². The minimum absolute atomic E-state index is 0.522. The summed E-state index contributed by atoms with van der Waals surface area (Å²) in [5, 5.41) is 3.67. The van der Waals surface area contributed by atoms with E-state index < -0.39 is 0 Å². The Morgan fingerprint density at radius 2 is 2.31 bits per heavy atom. The highest BCUT2D eigenvalue weighted by Crippen LogP contribution is 2.42. The molecular weight excluding hydrogens is 282 g/mol. The summed E-state index contributed by atoms with van der Waals surface area (Å²) in [5.74, 6) is 1.91. The Morgan fingerprint density at radius 1 is 1.50 bits per heavy atom. The second kappa shape index (κ2) is 5.56. The van der Waals surface area contributed by atoms with Crippen LogP contribution in [0.3, 0.4) is 0 Å². The average Bonchev–Trinajstić information content (AvgIpc) is 2.28. The molecule has 2 rings (SSSR count). The van der Waals surface area contributed by atoms with Crippen LogP contribution in [0.5, 0.6) is 0 Å². The van der Waals surface area contributed by atoms with Crippen LogP contribution < -0.4 is 5.32 Å². The van der Waals surface area contributed by atoms with E-state index in [1.165, 1.54) is 27.1 Å². The molecule has 1 N–H and O–H groups in total. The van der Waals surface area contributed by atoms with E-state index in [4.69, 9.17) is 0 Å². The summed E-state index contributed by atoms with van der Waals surface area (Å²) in [5.41, 5.74) is 1.46. The van der Waals surface area contributed by atoms with E-state index in [9.17, 15) is 0 Å². The van der Waals surface area contributed by atoms with Gasteiger partial charge in [0.15, 0.2) is 0 Å². The molecule has 2 atom stereocenters. The van der Waals surface area contributed by atoms with Crippen molar-refractivity contribution in [3.05, 3.63) is 28.2 Å². The molecule has 1 aliphatic rings. The third kappa shape index (κ3) is 2.47. The minimum atomic E-state index is 0.522. The Morgan fingerprint density at radius 3 is 3.06 bits per heavy atom. The van der Waals surface area contributed by atoms with E-state index in [-0.39, 0.29) is 0 Å². The second-order valence-corrected chi connectivity index (χ2v) is 6.26. The number of benzene rings is 1. The predicted molar refractivity (Wildman–Crippen MR) is 75.1 cm³/mol. The molecule has 1 aromatic carbocycles. The molecule has 0 saturated heterocycles. The summed E-state index contributed by atoms with van der Waals surface area (Å²) in [6.07, 6.45) is 1.19. The number of hydrogen-bond donors (Lipinski definition) is 1. The fourth-order valence-corrected chi connectivity index (χ4v) is 4.07. The first-order valence-electron chi connectivity index (χ1n) is 5.88. The Kier molecular flexibility index (Phi) is 4.34. The smallest absolute Gasteiger partial charge is 0.0365 e. The molecule has 0 saturated carbocycles. The summed E-state index contributed by atoms with van der Waals surface area (Å²) in [7, 11) is 0. The highest BCUT2D eigenvalue weighted by atomic mass is 79.9. The SMILES string of the molecule is CCCNC1c2cccc(Br)c2SCC1C. The molecule has 16 heavy (non-hydrogen) atoms. The van der Waals surface area contributed by atoms with Gasteiger partial charge in [-0.3, -0.25) is 0 Å². The van der Waals surface area contributed by atoms with E-state index in [0.717, 1.165) is 6.54 Å². The zero-order valence-corrected chi connectivity index (χ0v) is 12.2. The van der Waals surface area contributed by atoms with Crippen molar-refractivity contribution in [2.45, 2.75) is 31.2 Å². The Balaban J connectivity index is 2.29. The monoisotopic (exact) mass is 299 g/mol. The minimum Gasteiger partial charge on any atom is -0.310 e. The van der Waals surface area contributed by atoms with Crippen LogP contribution in [0.2, 0.25) is 0 Å². The number of thioether (sulfide) groups is 1. The van der Waals surface area contributed by atoms with Crippen molar-refractivity contribution in [3.8, 4) is 0 Å². The Hall–Kier alpha value is 0.01000. The number of fused-ring (bicyclic) bond motifs is 1. The summed E-state index contributed by atoms with van der Waals surface area (Å²) < 4.78 is 1.24. The predicted octanol–water partition coefficient (Wildman–Crippen LogP) is 4.23. The van der Waals surface area contributed by atoms with Crippen molar-refractivity contribution in [2.75, 3.05) is 12.3 Å². The van der Waals surface area contributed by atoms with Gasteiger partial charge in [0.2, 0.25) is 0 Å². The van der Waals surface area contributed by atoms with Gasteiger partial charge in [-0.1, -0.05) is 26.0 Å². The highest BCUT2D eigenvalue weighted by Gasteiger charge is 2.27. The number of nitrogens with one attached hydrogen (secondary N) is 1. The summed E-state index contributed by atoms with van der Waals surface area (Å²) in [4.78, 5) is 1.43. The van der Waals surface area contributed by atoms with Gasteiger partial charge in [0, 0.05) is 21.2 Å². The highest BCUT2D eigenvalue weighted by molar-refractivity contribution is 9.10.